The van der Waals surface area contributed by atoms with Crippen molar-refractivity contribution in [1.29, 1.82) is 0 Å². The van der Waals surface area contributed by atoms with Gasteiger partial charge in [0, 0.05) is 61.5 Å². The highest BCUT2D eigenvalue weighted by Gasteiger charge is 2.32. The molecule has 0 unspecified atom stereocenters. The van der Waals surface area contributed by atoms with E-state index in [0.29, 0.717) is 139 Å². The summed E-state index contributed by atoms with van der Waals surface area (Å²) in [6, 6.07) is 49.1. The molecular formula is C84H75Cl3N12O10. The number of carbonyl (C=O) groups excluding carboxylic acids is 3. The molecule has 1 N–H and O–H groups in total. The normalized spacial score (nSPS) is 13.9. The van der Waals surface area contributed by atoms with E-state index in [4.69, 9.17) is 53.8 Å². The molecule has 552 valence electrons. The van der Waals surface area contributed by atoms with Gasteiger partial charge in [0.1, 0.15) is 40.2 Å². The Morgan fingerprint density at radius 3 is 1.48 bits per heavy atom. The predicted octanol–water partition coefficient (Wildman–Crippen LogP) is 16.9. The summed E-state index contributed by atoms with van der Waals surface area (Å²) < 4.78 is 33.7. The Bertz CT molecular complexity index is 5890. The number of carbonyl (C=O) groups is 3. The summed E-state index contributed by atoms with van der Waals surface area (Å²) in [6.45, 7) is 22.6. The van der Waals surface area contributed by atoms with Gasteiger partial charge in [0.25, 0.3) is 0 Å². The number of hydrogen-bond acceptors (Lipinski definition) is 13. The molecule has 0 bridgehead atoms. The summed E-state index contributed by atoms with van der Waals surface area (Å²) in [5.74, 6) is 3.68. The molecule has 0 aliphatic carbocycles. The minimum absolute atomic E-state index is 0.0598. The quantitative estimate of drug-likeness (QED) is 0.0744. The lowest BCUT2D eigenvalue weighted by molar-refractivity contribution is -0.125. The van der Waals surface area contributed by atoms with Crippen LogP contribution >= 0.6 is 34.8 Å². The van der Waals surface area contributed by atoms with Crippen LogP contribution in [0.15, 0.2) is 253 Å². The molecule has 25 heteroatoms. The topological polar surface area (TPSA) is 226 Å². The fourth-order valence-electron chi connectivity index (χ4n) is 13.4. The fraction of sp³-hybridized carbons (Fsp3) is 0.179. The third-order valence-electron chi connectivity index (χ3n) is 18.7. The molecular weight excluding hydrogens is 1440 g/mol. The Balaban J connectivity index is 0.000000144. The lowest BCUT2D eigenvalue weighted by Gasteiger charge is -2.15. The molecule has 15 rings (SSSR count). The highest BCUT2D eigenvalue weighted by molar-refractivity contribution is 6.33. The van der Waals surface area contributed by atoms with Crippen molar-refractivity contribution in [3.63, 3.8) is 0 Å². The molecule has 13 aromatic rings. The van der Waals surface area contributed by atoms with Crippen LogP contribution in [0.4, 0.5) is 5.69 Å². The van der Waals surface area contributed by atoms with Gasteiger partial charge in [-0.1, -0.05) is 91.8 Å². The molecule has 2 atom stereocenters. The van der Waals surface area contributed by atoms with Crippen LogP contribution in [-0.4, -0.2) is 102 Å². The van der Waals surface area contributed by atoms with Gasteiger partial charge in [-0.15, -0.1) is 0 Å². The molecule has 0 saturated carbocycles. The van der Waals surface area contributed by atoms with Crippen molar-refractivity contribution in [2.24, 2.45) is 0 Å². The van der Waals surface area contributed by atoms with Crippen molar-refractivity contribution in [3.8, 4) is 63.0 Å². The number of imidazole rings is 3. The first kappa shape index (κ1) is 74.8. The molecule has 109 heavy (non-hydrogen) atoms. The summed E-state index contributed by atoms with van der Waals surface area (Å²) in [6.07, 6.45) is 16.1. The van der Waals surface area contributed by atoms with Gasteiger partial charge in [-0.25, -0.2) is 14.4 Å². The van der Waals surface area contributed by atoms with Crippen molar-refractivity contribution >= 4 is 91.3 Å². The first-order chi connectivity index (χ1) is 52.7. The number of anilines is 1. The number of aromatic nitrogens is 9. The number of amides is 3. The second-order valence-corrected chi connectivity index (χ2v) is 27.4. The summed E-state index contributed by atoms with van der Waals surface area (Å²) >= 11 is 19.4. The van der Waals surface area contributed by atoms with Crippen molar-refractivity contribution in [3.05, 3.63) is 302 Å². The number of hydrogen-bond donors (Lipinski definition) is 1. The molecule has 8 heterocycles. The number of aryl methyl sites for hydroxylation is 3. The van der Waals surface area contributed by atoms with Crippen LogP contribution in [0.5, 0.6) is 40.2 Å². The molecule has 2 aliphatic heterocycles. The molecule has 2 fully saturated rings. The average Bonchev–Trinajstić information content (AvgIpc) is 1.60. The Morgan fingerprint density at radius 1 is 0.486 bits per heavy atom. The maximum absolute atomic E-state index is 13.8. The van der Waals surface area contributed by atoms with E-state index in [1.54, 1.807) is 135 Å². The molecule has 2 aliphatic rings. The van der Waals surface area contributed by atoms with Crippen LogP contribution in [-0.2, 0) is 20.8 Å². The third-order valence-corrected chi connectivity index (χ3v) is 19.7. The van der Waals surface area contributed by atoms with Crippen LogP contribution < -0.4 is 41.3 Å². The van der Waals surface area contributed by atoms with E-state index in [1.807, 2.05) is 131 Å². The highest BCUT2D eigenvalue weighted by atomic mass is 35.5. The molecule has 7 aromatic carbocycles. The largest absolute Gasteiger partial charge is 0.491 e. The standard InChI is InChI=1S/C31H28N4O4.C27H25ClN4O3.C26H22Cl2N4O3/c1-5-30(36)33-22-8-6-9-23(17-22)34-27-14-15-32-19-28(27)35(31(34)37)24-12-13-29(21(4)16-24)39-26-11-7-10-25(18-26)38-20(2)3;1-3-18-6-5-7-21(14-18)35-25-9-8-19(15-22(25)28)31-24-16-29-12-10-23(24)32(27(31)34)20-11-13-30(17-20)26(33)4-2;1-3-25(33)30-11-9-18(15-30)32-22-8-10-29-14-23(22)31(26(32)34)17-5-7-24(21(28)12-17)35-19-6-4-16(2)20(27)13-19/h5-20H,1H2,2-4H3,(H,33,36);4-10,12,14-16,20H,2-3,11,13,17H2,1H3;3-8,10,12-14,18H,1,9,11,15H2,2H3/t;20-;18-/m.11/s1. The Kier molecular flexibility index (Phi) is 22.4. The maximum atomic E-state index is 13.8. The monoisotopic (exact) mass is 1520 g/mol. The number of ether oxygens (including phenoxy) is 4. The molecule has 6 aromatic heterocycles. The maximum Gasteiger partial charge on any atom is 0.338 e. The van der Waals surface area contributed by atoms with Crippen LogP contribution in [0.25, 0.3) is 55.8 Å². The van der Waals surface area contributed by atoms with Gasteiger partial charge in [0.2, 0.25) is 17.7 Å². The van der Waals surface area contributed by atoms with Gasteiger partial charge in [-0.05, 0) is 209 Å². The average molecular weight is 1520 g/mol. The summed E-state index contributed by atoms with van der Waals surface area (Å²) in [5, 5.41) is 4.08. The number of benzene rings is 7. The first-order valence-electron chi connectivity index (χ1n) is 35.1. The van der Waals surface area contributed by atoms with Crippen LogP contribution in [0.1, 0.15) is 62.4 Å². The first-order valence-corrected chi connectivity index (χ1v) is 36.3. The Hall–Kier alpha value is -12.5. The van der Waals surface area contributed by atoms with E-state index >= 15 is 0 Å². The van der Waals surface area contributed by atoms with Crippen molar-refractivity contribution in [1.82, 2.24) is 52.2 Å². The number of nitrogens with zero attached hydrogens (tertiary/aromatic N) is 11. The lowest BCUT2D eigenvalue weighted by atomic mass is 10.2. The zero-order chi connectivity index (χ0) is 76.7. The van der Waals surface area contributed by atoms with Crippen molar-refractivity contribution < 1.29 is 33.3 Å². The van der Waals surface area contributed by atoms with E-state index in [9.17, 15) is 28.8 Å². The van der Waals surface area contributed by atoms with Gasteiger partial charge < -0.3 is 34.1 Å². The van der Waals surface area contributed by atoms with Gasteiger partial charge in [0.05, 0.1) is 103 Å². The zero-order valence-corrected chi connectivity index (χ0v) is 62.5. The second-order valence-electron chi connectivity index (χ2n) is 26.2. The Morgan fingerprint density at radius 2 is 0.954 bits per heavy atom. The van der Waals surface area contributed by atoms with E-state index in [0.717, 1.165) is 34.3 Å². The van der Waals surface area contributed by atoms with E-state index in [1.165, 1.54) is 23.8 Å². The van der Waals surface area contributed by atoms with Crippen LogP contribution in [0.2, 0.25) is 15.1 Å². The molecule has 22 nitrogen and oxygen atoms in total. The lowest BCUT2D eigenvalue weighted by Crippen LogP contribution is -2.31. The van der Waals surface area contributed by atoms with Crippen LogP contribution in [0.3, 0.4) is 0 Å². The third kappa shape index (κ3) is 16.0. The summed E-state index contributed by atoms with van der Waals surface area (Å²) in [4.78, 5) is 93.3. The SMILES string of the molecule is C=CC(=O)N1CC[C@@H](n2c(=O)n(-c3ccc(Oc4ccc(C)c(Cl)c4)c(Cl)c3)c3cnccc32)C1.C=CC(=O)N1CC[C@@H](n2c(=O)n(-c3ccc(Oc4cccc(CC)c4)c(Cl)c3)c3cnccc32)C1.C=CC(=O)Nc1cccc(-n2c(=O)n(-c3ccc(Oc4cccc(OC(C)C)c4)c(C)c3)c3cnccc32)c1. The van der Waals surface area contributed by atoms with Gasteiger partial charge >= 0.3 is 17.1 Å². The highest BCUT2D eigenvalue weighted by Crippen LogP contribution is 2.38. The number of fused-ring (bicyclic) bond motifs is 3. The molecule has 0 radical (unpaired) electrons. The van der Waals surface area contributed by atoms with E-state index in [-0.39, 0.29) is 53.0 Å². The van der Waals surface area contributed by atoms with Crippen molar-refractivity contribution in [2.75, 3.05) is 31.5 Å². The summed E-state index contributed by atoms with van der Waals surface area (Å²) in [5.41, 5.74) is 9.48. The number of likely N-dealkylation sites (tertiary alicyclic amines) is 2. The summed E-state index contributed by atoms with van der Waals surface area (Å²) in [7, 11) is 0. The van der Waals surface area contributed by atoms with Gasteiger partial charge in [-0.2, -0.15) is 0 Å². The van der Waals surface area contributed by atoms with E-state index < -0.39 is 0 Å². The predicted molar refractivity (Wildman–Crippen MR) is 426 cm³/mol. The molecule has 0 spiro atoms. The second kappa shape index (κ2) is 32.7. The number of nitrogens with one attached hydrogen (secondary N) is 1. The fourth-order valence-corrected chi connectivity index (χ4v) is 14.0. The van der Waals surface area contributed by atoms with Crippen molar-refractivity contribution in [2.45, 2.75) is 72.1 Å². The minimum atomic E-state index is -0.330. The van der Waals surface area contributed by atoms with Gasteiger partial charge in [-0.3, -0.25) is 56.7 Å². The van der Waals surface area contributed by atoms with E-state index in [2.05, 4.69) is 46.9 Å². The number of rotatable bonds is 19. The Labute approximate surface area is 641 Å². The number of halogens is 3. The minimum Gasteiger partial charge on any atom is -0.491 e. The molecule has 3 amide bonds. The molecule has 2 saturated heterocycles. The van der Waals surface area contributed by atoms with Gasteiger partial charge in [0.15, 0.2) is 0 Å². The number of pyridine rings is 3. The van der Waals surface area contributed by atoms with Crippen LogP contribution in [0, 0.1) is 13.8 Å². The zero-order valence-electron chi connectivity index (χ0n) is 60.2. The smallest absolute Gasteiger partial charge is 0.338 e.